The fraction of sp³-hybridized carbons (Fsp3) is 0.462. The molecule has 18 heavy (non-hydrogen) atoms. The summed E-state index contributed by atoms with van der Waals surface area (Å²) < 4.78 is 12.7. The van der Waals surface area contributed by atoms with Crippen LogP contribution in [0.4, 0.5) is 4.39 Å². The van der Waals surface area contributed by atoms with E-state index in [0.717, 1.165) is 11.3 Å². The van der Waals surface area contributed by atoms with E-state index in [1.807, 2.05) is 6.92 Å². The Morgan fingerprint density at radius 2 is 2.11 bits per heavy atom. The molecule has 0 saturated heterocycles. The van der Waals surface area contributed by atoms with E-state index in [-0.39, 0.29) is 17.8 Å². The molecule has 3 N–H and O–H groups in total. The van der Waals surface area contributed by atoms with E-state index >= 15 is 0 Å². The van der Waals surface area contributed by atoms with Gasteiger partial charge in [0.15, 0.2) is 0 Å². The zero-order valence-corrected chi connectivity index (χ0v) is 11.3. The highest BCUT2D eigenvalue weighted by molar-refractivity contribution is 7.99. The Morgan fingerprint density at radius 3 is 2.72 bits per heavy atom. The van der Waals surface area contributed by atoms with Crippen molar-refractivity contribution >= 4 is 17.7 Å². The molecule has 0 aliphatic heterocycles. The van der Waals surface area contributed by atoms with Gasteiger partial charge in [-0.05, 0) is 37.6 Å². The average Bonchev–Trinajstić information content (AvgIpc) is 2.31. The van der Waals surface area contributed by atoms with Gasteiger partial charge in [0.05, 0.1) is 0 Å². The van der Waals surface area contributed by atoms with Crippen LogP contribution in [0.5, 0.6) is 0 Å². The van der Waals surface area contributed by atoms with Crippen molar-refractivity contribution < 1.29 is 9.18 Å². The van der Waals surface area contributed by atoms with Gasteiger partial charge in [0, 0.05) is 29.7 Å². The predicted octanol–water partition coefficient (Wildman–Crippen LogP) is 2.16. The van der Waals surface area contributed by atoms with Gasteiger partial charge in [-0.15, -0.1) is 11.8 Å². The Kier molecular flexibility index (Phi) is 6.75. The van der Waals surface area contributed by atoms with Gasteiger partial charge in [0.2, 0.25) is 5.91 Å². The Bertz CT molecular complexity index is 368. The van der Waals surface area contributed by atoms with Crippen LogP contribution in [0.1, 0.15) is 19.8 Å². The Labute approximate surface area is 111 Å². The number of thioether (sulfide) groups is 1. The summed E-state index contributed by atoms with van der Waals surface area (Å²) in [5.74, 6) is 0.480. The van der Waals surface area contributed by atoms with Crippen molar-refractivity contribution in [1.82, 2.24) is 5.32 Å². The number of amides is 1. The molecule has 1 aromatic carbocycles. The minimum absolute atomic E-state index is 0.0326. The van der Waals surface area contributed by atoms with Gasteiger partial charge < -0.3 is 11.1 Å². The van der Waals surface area contributed by atoms with Crippen LogP contribution < -0.4 is 11.1 Å². The second kappa shape index (κ2) is 8.11. The molecule has 1 atom stereocenters. The lowest BCUT2D eigenvalue weighted by molar-refractivity contribution is -0.120. The number of nitrogens with two attached hydrogens (primary N) is 1. The third kappa shape index (κ3) is 6.61. The van der Waals surface area contributed by atoms with E-state index in [1.54, 1.807) is 23.9 Å². The summed E-state index contributed by atoms with van der Waals surface area (Å²) in [5, 5.41) is 2.82. The number of rotatable bonds is 7. The minimum Gasteiger partial charge on any atom is -0.356 e. The van der Waals surface area contributed by atoms with E-state index < -0.39 is 0 Å². The molecule has 0 aromatic heterocycles. The Hall–Kier alpha value is -1.07. The van der Waals surface area contributed by atoms with Crippen LogP contribution in [0.2, 0.25) is 0 Å². The van der Waals surface area contributed by atoms with E-state index in [0.29, 0.717) is 18.7 Å². The second-order valence-electron chi connectivity index (χ2n) is 4.17. The van der Waals surface area contributed by atoms with Crippen LogP contribution >= 0.6 is 11.8 Å². The molecule has 1 aromatic rings. The van der Waals surface area contributed by atoms with Crippen molar-refractivity contribution in [3.63, 3.8) is 0 Å². The molecule has 0 heterocycles. The summed E-state index contributed by atoms with van der Waals surface area (Å²) in [4.78, 5) is 12.4. The molecule has 0 bridgehead atoms. The summed E-state index contributed by atoms with van der Waals surface area (Å²) in [7, 11) is 0. The summed E-state index contributed by atoms with van der Waals surface area (Å²) in [5.41, 5.74) is 5.58. The molecule has 0 aliphatic rings. The van der Waals surface area contributed by atoms with E-state index in [9.17, 15) is 9.18 Å². The molecule has 0 saturated carbocycles. The first kappa shape index (κ1) is 15.0. The quantitative estimate of drug-likeness (QED) is 0.747. The topological polar surface area (TPSA) is 55.1 Å². The number of carbonyl (C=O) groups excluding carboxylic acids is 1. The molecular weight excluding hydrogens is 251 g/mol. The highest BCUT2D eigenvalue weighted by Gasteiger charge is 2.02. The first-order valence-corrected chi connectivity index (χ1v) is 6.97. The summed E-state index contributed by atoms with van der Waals surface area (Å²) >= 11 is 1.55. The highest BCUT2D eigenvalue weighted by Crippen LogP contribution is 2.18. The van der Waals surface area contributed by atoms with Gasteiger partial charge in [-0.25, -0.2) is 4.39 Å². The molecule has 0 aliphatic carbocycles. The smallest absolute Gasteiger partial charge is 0.220 e. The summed E-state index contributed by atoms with van der Waals surface area (Å²) in [6.45, 7) is 2.54. The Balaban J connectivity index is 2.13. The number of benzene rings is 1. The largest absolute Gasteiger partial charge is 0.356 e. The van der Waals surface area contributed by atoms with E-state index in [2.05, 4.69) is 5.32 Å². The molecule has 0 fully saturated rings. The molecule has 0 spiro atoms. The molecule has 1 amide bonds. The van der Waals surface area contributed by atoms with Crippen molar-refractivity contribution in [3.8, 4) is 0 Å². The first-order chi connectivity index (χ1) is 8.58. The van der Waals surface area contributed by atoms with E-state index in [4.69, 9.17) is 5.73 Å². The lowest BCUT2D eigenvalue weighted by Gasteiger charge is -2.07. The van der Waals surface area contributed by atoms with Crippen molar-refractivity contribution in [2.24, 2.45) is 5.73 Å². The molecular formula is C13H19FN2OS. The fourth-order valence-corrected chi connectivity index (χ4v) is 2.17. The molecule has 1 unspecified atom stereocenters. The number of halogens is 1. The van der Waals surface area contributed by atoms with Crippen LogP contribution in [0.25, 0.3) is 0 Å². The lowest BCUT2D eigenvalue weighted by Crippen LogP contribution is -2.29. The van der Waals surface area contributed by atoms with Crippen molar-refractivity contribution in [2.45, 2.75) is 30.7 Å². The molecule has 100 valence electrons. The Morgan fingerprint density at radius 1 is 1.44 bits per heavy atom. The number of hydrogen-bond acceptors (Lipinski definition) is 3. The number of nitrogens with one attached hydrogen (secondary N) is 1. The average molecular weight is 270 g/mol. The summed E-state index contributed by atoms with van der Waals surface area (Å²) in [6, 6.07) is 6.39. The zero-order valence-electron chi connectivity index (χ0n) is 10.5. The predicted molar refractivity (Wildman–Crippen MR) is 73.0 cm³/mol. The fourth-order valence-electron chi connectivity index (χ4n) is 1.32. The SMILES string of the molecule is CC(N)CCNC(=O)CCSc1ccc(F)cc1. The van der Waals surface area contributed by atoms with Crippen LogP contribution in [0, 0.1) is 5.82 Å². The van der Waals surface area contributed by atoms with Crippen molar-refractivity contribution in [3.05, 3.63) is 30.1 Å². The van der Waals surface area contributed by atoms with Crippen LogP contribution in [0.15, 0.2) is 29.2 Å². The lowest BCUT2D eigenvalue weighted by atomic mass is 10.2. The maximum absolute atomic E-state index is 12.7. The standard InChI is InChI=1S/C13H19FN2OS/c1-10(15)6-8-16-13(17)7-9-18-12-4-2-11(14)3-5-12/h2-5,10H,6-9,15H2,1H3,(H,16,17). The maximum Gasteiger partial charge on any atom is 0.220 e. The normalized spacial score (nSPS) is 12.2. The highest BCUT2D eigenvalue weighted by atomic mass is 32.2. The van der Waals surface area contributed by atoms with Crippen LogP contribution in [-0.4, -0.2) is 24.2 Å². The third-order valence-electron chi connectivity index (χ3n) is 2.33. The summed E-state index contributed by atoms with van der Waals surface area (Å²) in [6.07, 6.45) is 1.25. The van der Waals surface area contributed by atoms with Gasteiger partial charge in [-0.2, -0.15) is 0 Å². The number of carbonyl (C=O) groups is 1. The van der Waals surface area contributed by atoms with Crippen molar-refractivity contribution in [1.29, 1.82) is 0 Å². The van der Waals surface area contributed by atoms with Gasteiger partial charge in [0.1, 0.15) is 5.82 Å². The maximum atomic E-state index is 12.7. The van der Waals surface area contributed by atoms with Crippen LogP contribution in [0.3, 0.4) is 0 Å². The zero-order chi connectivity index (χ0) is 13.4. The van der Waals surface area contributed by atoms with Gasteiger partial charge >= 0.3 is 0 Å². The molecule has 0 radical (unpaired) electrons. The molecule has 1 rings (SSSR count). The molecule has 5 heteroatoms. The van der Waals surface area contributed by atoms with Gasteiger partial charge in [0.25, 0.3) is 0 Å². The molecule has 3 nitrogen and oxygen atoms in total. The van der Waals surface area contributed by atoms with Gasteiger partial charge in [-0.1, -0.05) is 0 Å². The second-order valence-corrected chi connectivity index (χ2v) is 5.34. The first-order valence-electron chi connectivity index (χ1n) is 5.98. The van der Waals surface area contributed by atoms with Crippen LogP contribution in [-0.2, 0) is 4.79 Å². The monoisotopic (exact) mass is 270 g/mol. The third-order valence-corrected chi connectivity index (χ3v) is 3.35. The van der Waals surface area contributed by atoms with Crippen molar-refractivity contribution in [2.75, 3.05) is 12.3 Å². The minimum atomic E-state index is -0.243. The van der Waals surface area contributed by atoms with E-state index in [1.165, 1.54) is 12.1 Å². The van der Waals surface area contributed by atoms with Gasteiger partial charge in [-0.3, -0.25) is 4.79 Å². The number of hydrogen-bond donors (Lipinski definition) is 2.